The molecule has 156 valence electrons. The second kappa shape index (κ2) is 10.3. The molecule has 1 rings (SSSR count). The maximum Gasteiger partial charge on any atom is 0.271 e. The number of anilines is 1. The number of benzene rings is 1. The summed E-state index contributed by atoms with van der Waals surface area (Å²) in [6.07, 6.45) is -0.393. The molecule has 0 aromatic heterocycles. The second-order valence-electron chi connectivity index (χ2n) is 5.43. The Balaban J connectivity index is 2.89. The third kappa shape index (κ3) is 8.20. The number of nitrogens with zero attached hydrogens (tertiary/aromatic N) is 2. The molecule has 10 nitrogen and oxygen atoms in total. The molecule has 0 saturated heterocycles. The van der Waals surface area contributed by atoms with Crippen LogP contribution in [0, 0.1) is 20.2 Å². The first-order chi connectivity index (χ1) is 13.3. The molecule has 0 bridgehead atoms. The Morgan fingerprint density at radius 1 is 1.28 bits per heavy atom. The van der Waals surface area contributed by atoms with Gasteiger partial charge in [0, 0.05) is 29.5 Å². The maximum atomic E-state index is 12.2. The highest BCUT2D eigenvalue weighted by atomic mass is 35.6. The summed E-state index contributed by atoms with van der Waals surface area (Å²) in [5.74, 6) is -0.782. The van der Waals surface area contributed by atoms with Crippen LogP contribution in [-0.4, -0.2) is 30.8 Å². The molecule has 0 fully saturated rings. The minimum absolute atomic E-state index is 0.0645. The van der Waals surface area contributed by atoms with Crippen molar-refractivity contribution >= 4 is 69.4 Å². The molecule has 29 heavy (non-hydrogen) atoms. The summed E-state index contributed by atoms with van der Waals surface area (Å²) in [5.41, 5.74) is -0.454. The highest BCUT2D eigenvalue weighted by molar-refractivity contribution is 7.80. The second-order valence-corrected chi connectivity index (χ2v) is 8.21. The lowest BCUT2D eigenvalue weighted by atomic mass is 10.2. The standard InChI is InChI=1S/C15H14Cl3N5O5S/c1-8(6-9(2)22(25)26)12(24)20-13(15(16,17)18)21-14(29)19-10-4-3-5-11(7-10)23(27)28/h3-7,13H,2H2,1H3,(H,20,24)(H2,19,21,29). The molecule has 0 aliphatic carbocycles. The maximum absolute atomic E-state index is 12.2. The molecule has 1 aromatic rings. The van der Waals surface area contributed by atoms with Gasteiger partial charge < -0.3 is 16.0 Å². The van der Waals surface area contributed by atoms with Gasteiger partial charge in [-0.3, -0.25) is 25.0 Å². The van der Waals surface area contributed by atoms with Crippen LogP contribution in [0.4, 0.5) is 11.4 Å². The van der Waals surface area contributed by atoms with E-state index in [1.807, 2.05) is 0 Å². The van der Waals surface area contributed by atoms with E-state index in [1.165, 1.54) is 31.2 Å². The van der Waals surface area contributed by atoms with Gasteiger partial charge in [-0.1, -0.05) is 40.9 Å². The molecule has 1 amide bonds. The summed E-state index contributed by atoms with van der Waals surface area (Å²) in [7, 11) is 0. The van der Waals surface area contributed by atoms with Gasteiger partial charge in [0.1, 0.15) is 6.17 Å². The van der Waals surface area contributed by atoms with E-state index >= 15 is 0 Å². The zero-order valence-electron chi connectivity index (χ0n) is 14.6. The number of halogens is 3. The molecular formula is C15H14Cl3N5O5S. The van der Waals surface area contributed by atoms with Crippen molar-refractivity contribution in [2.24, 2.45) is 0 Å². The minimum Gasteiger partial charge on any atom is -0.339 e. The number of non-ortho nitro benzene ring substituents is 1. The number of nitrogens with one attached hydrogen (secondary N) is 3. The Morgan fingerprint density at radius 2 is 1.90 bits per heavy atom. The zero-order chi connectivity index (χ0) is 22.4. The molecular weight excluding hydrogens is 469 g/mol. The van der Waals surface area contributed by atoms with E-state index in [0.29, 0.717) is 0 Å². The van der Waals surface area contributed by atoms with Crippen molar-refractivity contribution < 1.29 is 14.6 Å². The number of allylic oxidation sites excluding steroid dienone is 1. The van der Waals surface area contributed by atoms with E-state index in [9.17, 15) is 25.0 Å². The van der Waals surface area contributed by atoms with Crippen LogP contribution in [0.2, 0.25) is 0 Å². The molecule has 0 heterocycles. The van der Waals surface area contributed by atoms with Gasteiger partial charge in [-0.25, -0.2) is 0 Å². The fourth-order valence-electron chi connectivity index (χ4n) is 1.81. The van der Waals surface area contributed by atoms with E-state index in [0.717, 1.165) is 6.08 Å². The average Bonchev–Trinajstić information content (AvgIpc) is 2.60. The molecule has 0 aliphatic heterocycles. The first-order valence-electron chi connectivity index (χ1n) is 7.52. The summed E-state index contributed by atoms with van der Waals surface area (Å²) in [5, 5.41) is 28.9. The van der Waals surface area contributed by atoms with Gasteiger partial charge in [-0.15, -0.1) is 0 Å². The molecule has 0 aliphatic rings. The van der Waals surface area contributed by atoms with Crippen LogP contribution in [0.25, 0.3) is 0 Å². The molecule has 1 unspecified atom stereocenters. The third-order valence-corrected chi connectivity index (χ3v) is 4.04. The van der Waals surface area contributed by atoms with Crippen LogP contribution < -0.4 is 16.0 Å². The molecule has 1 atom stereocenters. The van der Waals surface area contributed by atoms with Crippen molar-refractivity contribution in [2.45, 2.75) is 16.9 Å². The van der Waals surface area contributed by atoms with Crippen molar-refractivity contribution in [3.63, 3.8) is 0 Å². The Bertz CT molecular complexity index is 887. The van der Waals surface area contributed by atoms with Crippen LogP contribution in [0.15, 0.2) is 48.2 Å². The van der Waals surface area contributed by atoms with Gasteiger partial charge in [0.2, 0.25) is 9.70 Å². The predicted molar refractivity (Wildman–Crippen MR) is 115 cm³/mol. The Kier molecular flexibility index (Phi) is 8.77. The van der Waals surface area contributed by atoms with Crippen molar-refractivity contribution in [1.29, 1.82) is 0 Å². The SMILES string of the molecule is C=C(C=C(C)C(=O)NC(NC(=S)Nc1cccc([N+](=O)[O-])c1)C(Cl)(Cl)Cl)[N+](=O)[O-]. The summed E-state index contributed by atoms with van der Waals surface area (Å²) in [4.78, 5) is 32.3. The number of alkyl halides is 3. The first kappa shape index (κ1) is 24.6. The molecule has 1 aromatic carbocycles. The van der Waals surface area contributed by atoms with Crippen LogP contribution in [0.3, 0.4) is 0 Å². The van der Waals surface area contributed by atoms with E-state index in [1.54, 1.807) is 0 Å². The van der Waals surface area contributed by atoms with Crippen LogP contribution in [0.1, 0.15) is 6.92 Å². The quantitative estimate of drug-likeness (QED) is 0.102. The van der Waals surface area contributed by atoms with E-state index in [4.69, 9.17) is 47.0 Å². The number of thiocarbonyl (C=S) groups is 1. The van der Waals surface area contributed by atoms with Crippen molar-refractivity contribution in [3.05, 3.63) is 68.4 Å². The van der Waals surface area contributed by atoms with Crippen LogP contribution in [0.5, 0.6) is 0 Å². The topological polar surface area (TPSA) is 139 Å². The molecule has 0 saturated carbocycles. The van der Waals surface area contributed by atoms with Gasteiger partial charge in [0.15, 0.2) is 5.11 Å². The number of nitro benzene ring substituents is 1. The number of rotatable bonds is 7. The largest absolute Gasteiger partial charge is 0.339 e. The highest BCUT2D eigenvalue weighted by Crippen LogP contribution is 2.29. The van der Waals surface area contributed by atoms with Gasteiger partial charge in [-0.2, -0.15) is 0 Å². The molecule has 3 N–H and O–H groups in total. The van der Waals surface area contributed by atoms with Crippen molar-refractivity contribution in [3.8, 4) is 0 Å². The normalized spacial score (nSPS) is 12.5. The van der Waals surface area contributed by atoms with Gasteiger partial charge in [0.25, 0.3) is 11.4 Å². The van der Waals surface area contributed by atoms with Gasteiger partial charge in [-0.05, 0) is 31.8 Å². The summed E-state index contributed by atoms with van der Waals surface area (Å²) in [6, 6.07) is 5.47. The van der Waals surface area contributed by atoms with E-state index < -0.39 is 31.4 Å². The lowest BCUT2D eigenvalue weighted by molar-refractivity contribution is -0.418. The van der Waals surface area contributed by atoms with Gasteiger partial charge in [0.05, 0.1) is 9.85 Å². The Labute approximate surface area is 185 Å². The lowest BCUT2D eigenvalue weighted by Crippen LogP contribution is -2.56. The number of nitro groups is 2. The number of carbonyl (C=O) groups excluding carboxylic acids is 1. The lowest BCUT2D eigenvalue weighted by Gasteiger charge is -2.27. The van der Waals surface area contributed by atoms with Crippen LogP contribution >= 0.6 is 47.0 Å². The fraction of sp³-hybridized carbons (Fsp3) is 0.200. The monoisotopic (exact) mass is 481 g/mol. The Morgan fingerprint density at radius 3 is 2.41 bits per heavy atom. The van der Waals surface area contributed by atoms with Crippen molar-refractivity contribution in [1.82, 2.24) is 10.6 Å². The molecule has 0 spiro atoms. The fourth-order valence-corrected chi connectivity index (χ4v) is 2.37. The average molecular weight is 483 g/mol. The number of hydrogen-bond acceptors (Lipinski definition) is 6. The summed E-state index contributed by atoms with van der Waals surface area (Å²) in [6.45, 7) is 4.50. The number of amides is 1. The number of carbonyl (C=O) groups is 1. The smallest absolute Gasteiger partial charge is 0.271 e. The summed E-state index contributed by atoms with van der Waals surface area (Å²) >= 11 is 22.6. The van der Waals surface area contributed by atoms with Gasteiger partial charge >= 0.3 is 0 Å². The van der Waals surface area contributed by atoms with Crippen molar-refractivity contribution in [2.75, 3.05) is 5.32 Å². The molecule has 14 heteroatoms. The minimum atomic E-state index is -2.07. The van der Waals surface area contributed by atoms with E-state index in [-0.39, 0.29) is 22.1 Å². The number of hydrogen-bond donors (Lipinski definition) is 3. The van der Waals surface area contributed by atoms with Crippen LogP contribution in [-0.2, 0) is 4.79 Å². The highest BCUT2D eigenvalue weighted by Gasteiger charge is 2.35. The Hall–Kier alpha value is -2.47. The third-order valence-electron chi connectivity index (χ3n) is 3.17. The predicted octanol–water partition coefficient (Wildman–Crippen LogP) is 3.43. The zero-order valence-corrected chi connectivity index (χ0v) is 17.7. The molecule has 0 radical (unpaired) electrons. The summed E-state index contributed by atoms with van der Waals surface area (Å²) < 4.78 is -2.07. The van der Waals surface area contributed by atoms with E-state index in [2.05, 4.69) is 22.5 Å². The first-order valence-corrected chi connectivity index (χ1v) is 9.06.